The van der Waals surface area contributed by atoms with Gasteiger partial charge in [-0.15, -0.1) is 11.3 Å². The Labute approximate surface area is 172 Å². The zero-order valence-corrected chi connectivity index (χ0v) is 16.7. The molecule has 0 saturated carbocycles. The fraction of sp³-hybridized carbons (Fsp3) is 0.227. The van der Waals surface area contributed by atoms with Gasteiger partial charge < -0.3 is 23.8 Å². The van der Waals surface area contributed by atoms with Gasteiger partial charge in [-0.25, -0.2) is 0 Å². The Bertz CT molecular complexity index is 1080. The lowest BCUT2D eigenvalue weighted by Gasteiger charge is -2.18. The number of fused-ring (bicyclic) bond motifs is 2. The molecule has 2 aliphatic rings. The summed E-state index contributed by atoms with van der Waals surface area (Å²) in [5.74, 6) is 2.95. The van der Waals surface area contributed by atoms with Crippen LogP contribution in [0.2, 0.25) is 0 Å². The molecule has 0 radical (unpaired) electrons. The predicted octanol–water partition coefficient (Wildman–Crippen LogP) is 4.19. The molecule has 0 unspecified atom stereocenters. The molecule has 6 nitrogen and oxygen atoms in total. The van der Waals surface area contributed by atoms with E-state index in [1.807, 2.05) is 48.5 Å². The second-order valence-corrected chi connectivity index (χ2v) is 7.95. The lowest BCUT2D eigenvalue weighted by atomic mass is 10.1. The van der Waals surface area contributed by atoms with Crippen LogP contribution in [0, 0.1) is 0 Å². The molecule has 3 aromatic rings. The topological polar surface area (TPSA) is 57.2 Å². The minimum Gasteiger partial charge on any atom is -0.486 e. The molecule has 0 fully saturated rings. The molecule has 148 valence electrons. The van der Waals surface area contributed by atoms with Gasteiger partial charge in [-0.05, 0) is 53.6 Å². The lowest BCUT2D eigenvalue weighted by Crippen LogP contribution is -2.25. The van der Waals surface area contributed by atoms with Crippen molar-refractivity contribution in [3.63, 3.8) is 0 Å². The third-order valence-corrected chi connectivity index (χ3v) is 5.97. The van der Waals surface area contributed by atoms with Crippen LogP contribution in [-0.4, -0.2) is 37.9 Å². The van der Waals surface area contributed by atoms with Crippen molar-refractivity contribution >= 4 is 17.2 Å². The molecule has 2 aliphatic heterocycles. The van der Waals surface area contributed by atoms with Gasteiger partial charge in [0.2, 0.25) is 6.79 Å². The first-order chi connectivity index (χ1) is 14.2. The highest BCUT2D eigenvalue weighted by atomic mass is 32.1. The summed E-state index contributed by atoms with van der Waals surface area (Å²) in [5.41, 5.74) is 2.01. The fourth-order valence-electron chi connectivity index (χ4n) is 3.38. The summed E-state index contributed by atoms with van der Waals surface area (Å²) in [6, 6.07) is 15.5. The average molecular weight is 409 g/mol. The average Bonchev–Trinajstić information content (AvgIpc) is 3.42. The van der Waals surface area contributed by atoms with Crippen molar-refractivity contribution in [3.8, 4) is 33.4 Å². The number of rotatable bonds is 4. The molecule has 29 heavy (non-hydrogen) atoms. The number of amides is 1. The number of hydrogen-bond acceptors (Lipinski definition) is 6. The summed E-state index contributed by atoms with van der Waals surface area (Å²) < 4.78 is 22.0. The number of carbonyl (C=O) groups is 1. The van der Waals surface area contributed by atoms with Crippen LogP contribution in [0.4, 0.5) is 0 Å². The summed E-state index contributed by atoms with van der Waals surface area (Å²) in [6.45, 7) is 1.85. The highest BCUT2D eigenvalue weighted by Gasteiger charge is 2.19. The van der Waals surface area contributed by atoms with Gasteiger partial charge in [0, 0.05) is 18.5 Å². The molecule has 3 heterocycles. The minimum absolute atomic E-state index is 0.0172. The Morgan fingerprint density at radius 1 is 0.897 bits per heavy atom. The summed E-state index contributed by atoms with van der Waals surface area (Å²) in [6.07, 6.45) is 0. The van der Waals surface area contributed by atoms with E-state index in [2.05, 4.69) is 0 Å². The molecule has 0 bridgehead atoms. The monoisotopic (exact) mass is 409 g/mol. The summed E-state index contributed by atoms with van der Waals surface area (Å²) in [5, 5.41) is 0. The first kappa shape index (κ1) is 17.9. The Balaban J connectivity index is 1.31. The highest BCUT2D eigenvalue weighted by Crippen LogP contribution is 2.37. The zero-order chi connectivity index (χ0) is 19.8. The maximum absolute atomic E-state index is 12.9. The molecule has 0 aliphatic carbocycles. The number of ether oxygens (including phenoxy) is 4. The van der Waals surface area contributed by atoms with Crippen molar-refractivity contribution in [3.05, 3.63) is 59.0 Å². The Kier molecular flexibility index (Phi) is 4.52. The van der Waals surface area contributed by atoms with Gasteiger partial charge >= 0.3 is 0 Å². The van der Waals surface area contributed by atoms with Gasteiger partial charge in [-0.1, -0.05) is 6.07 Å². The smallest absolute Gasteiger partial charge is 0.263 e. The largest absolute Gasteiger partial charge is 0.486 e. The van der Waals surface area contributed by atoms with E-state index in [4.69, 9.17) is 18.9 Å². The third-order valence-electron chi connectivity index (χ3n) is 4.85. The second-order valence-electron chi connectivity index (χ2n) is 6.87. The molecule has 0 N–H and O–H groups in total. The van der Waals surface area contributed by atoms with E-state index in [1.165, 1.54) is 11.3 Å². The van der Waals surface area contributed by atoms with Crippen molar-refractivity contribution in [2.45, 2.75) is 6.54 Å². The minimum atomic E-state index is -0.0172. The van der Waals surface area contributed by atoms with Gasteiger partial charge in [0.05, 0.1) is 4.88 Å². The van der Waals surface area contributed by atoms with Gasteiger partial charge in [0.25, 0.3) is 5.91 Å². The molecule has 1 amide bonds. The molecule has 5 rings (SSSR count). The molecule has 2 aromatic carbocycles. The quantitative estimate of drug-likeness (QED) is 0.647. The van der Waals surface area contributed by atoms with Crippen molar-refractivity contribution in [1.82, 2.24) is 4.90 Å². The van der Waals surface area contributed by atoms with Gasteiger partial charge in [0.15, 0.2) is 23.0 Å². The van der Waals surface area contributed by atoms with E-state index in [9.17, 15) is 4.79 Å². The maximum Gasteiger partial charge on any atom is 0.263 e. The first-order valence-corrected chi connectivity index (χ1v) is 10.1. The molecule has 0 saturated heterocycles. The van der Waals surface area contributed by atoms with Crippen LogP contribution in [0.15, 0.2) is 48.5 Å². The molecular formula is C22H19NO5S. The second kappa shape index (κ2) is 7.33. The molecule has 1 aromatic heterocycles. The first-order valence-electron chi connectivity index (χ1n) is 9.31. The third kappa shape index (κ3) is 3.49. The number of benzene rings is 2. The fourth-order valence-corrected chi connectivity index (χ4v) is 4.37. The van der Waals surface area contributed by atoms with Gasteiger partial charge in [-0.2, -0.15) is 0 Å². The van der Waals surface area contributed by atoms with Crippen LogP contribution in [0.3, 0.4) is 0 Å². The van der Waals surface area contributed by atoms with Crippen LogP contribution < -0.4 is 18.9 Å². The summed E-state index contributed by atoms with van der Waals surface area (Å²) in [4.78, 5) is 16.3. The van der Waals surface area contributed by atoms with E-state index >= 15 is 0 Å². The van der Waals surface area contributed by atoms with Crippen LogP contribution in [0.5, 0.6) is 23.0 Å². The van der Waals surface area contributed by atoms with Gasteiger partial charge in [0.1, 0.15) is 13.2 Å². The van der Waals surface area contributed by atoms with E-state index in [-0.39, 0.29) is 12.7 Å². The van der Waals surface area contributed by atoms with Crippen LogP contribution in [-0.2, 0) is 6.54 Å². The normalized spacial score (nSPS) is 14.0. The number of thiophene rings is 1. The van der Waals surface area contributed by atoms with Crippen molar-refractivity contribution in [2.75, 3.05) is 27.1 Å². The van der Waals surface area contributed by atoms with Crippen LogP contribution in [0.1, 0.15) is 15.2 Å². The zero-order valence-electron chi connectivity index (χ0n) is 15.8. The van der Waals surface area contributed by atoms with Gasteiger partial charge in [-0.3, -0.25) is 4.79 Å². The Hall–Kier alpha value is -3.19. The SMILES string of the molecule is CN(Cc1ccc2c(c1)OCO2)C(=O)c1ccc(-c2ccc3c(c2)OCCO3)s1. The Morgan fingerprint density at radius 2 is 1.62 bits per heavy atom. The van der Waals surface area contributed by atoms with Crippen LogP contribution in [0.25, 0.3) is 10.4 Å². The van der Waals surface area contributed by atoms with Crippen molar-refractivity contribution in [2.24, 2.45) is 0 Å². The summed E-state index contributed by atoms with van der Waals surface area (Å²) >= 11 is 1.47. The number of carbonyl (C=O) groups excluding carboxylic acids is 1. The van der Waals surface area contributed by atoms with E-state index in [1.54, 1.807) is 11.9 Å². The van der Waals surface area contributed by atoms with Crippen molar-refractivity contribution < 1.29 is 23.7 Å². The molecular weight excluding hydrogens is 390 g/mol. The standard InChI is InChI=1S/C22H19NO5S/c1-23(12-14-2-4-17-18(10-14)28-13-27-17)22(24)21-7-6-20(29-21)15-3-5-16-19(11-15)26-9-8-25-16/h2-7,10-11H,8-9,12-13H2,1H3. The van der Waals surface area contributed by atoms with E-state index < -0.39 is 0 Å². The van der Waals surface area contributed by atoms with E-state index in [0.717, 1.165) is 39.0 Å². The number of nitrogens with zero attached hydrogens (tertiary/aromatic N) is 1. The highest BCUT2D eigenvalue weighted by molar-refractivity contribution is 7.17. The summed E-state index contributed by atoms with van der Waals surface area (Å²) in [7, 11) is 1.80. The maximum atomic E-state index is 12.9. The van der Waals surface area contributed by atoms with Crippen LogP contribution >= 0.6 is 11.3 Å². The van der Waals surface area contributed by atoms with Crippen molar-refractivity contribution in [1.29, 1.82) is 0 Å². The molecule has 0 atom stereocenters. The lowest BCUT2D eigenvalue weighted by molar-refractivity contribution is 0.0789. The number of hydrogen-bond donors (Lipinski definition) is 0. The molecule has 7 heteroatoms. The Morgan fingerprint density at radius 3 is 2.52 bits per heavy atom. The molecule has 0 spiro atoms. The predicted molar refractivity (Wildman–Crippen MR) is 109 cm³/mol. The van der Waals surface area contributed by atoms with E-state index in [0.29, 0.717) is 24.6 Å².